The Morgan fingerprint density at radius 1 is 1.22 bits per heavy atom. The van der Waals surface area contributed by atoms with Crippen molar-refractivity contribution >= 4 is 22.5 Å². The van der Waals surface area contributed by atoms with Gasteiger partial charge in [0.1, 0.15) is 0 Å². The van der Waals surface area contributed by atoms with E-state index in [4.69, 9.17) is 11.6 Å². The molecule has 1 saturated heterocycles. The lowest BCUT2D eigenvalue weighted by atomic mass is 10.0. The van der Waals surface area contributed by atoms with Crippen molar-refractivity contribution in [1.29, 1.82) is 0 Å². The average Bonchev–Trinajstić information content (AvgIpc) is 3.02. The summed E-state index contributed by atoms with van der Waals surface area (Å²) < 4.78 is 2.29. The number of rotatable bonds is 5. The molecule has 1 aromatic heterocycles. The van der Waals surface area contributed by atoms with Gasteiger partial charge in [-0.3, -0.25) is 4.90 Å². The number of hydrogen-bond donors (Lipinski definition) is 1. The Morgan fingerprint density at radius 2 is 2.03 bits per heavy atom. The topological polar surface area (TPSA) is 23.4 Å². The number of benzene rings is 1. The normalized spacial score (nSPS) is 17.2. The summed E-state index contributed by atoms with van der Waals surface area (Å²) in [4.78, 5) is 4.95. The van der Waals surface area contributed by atoms with Gasteiger partial charge in [0.2, 0.25) is 0 Å². The molecule has 166 valence electrons. The highest BCUT2D eigenvalue weighted by atomic mass is 35.5. The smallest absolute Gasteiger partial charge is 0.0949 e. The van der Waals surface area contributed by atoms with Crippen molar-refractivity contribution < 1.29 is 0 Å². The molecule has 32 heavy (non-hydrogen) atoms. The van der Waals surface area contributed by atoms with Crippen LogP contribution in [0, 0.1) is 12.0 Å². The van der Waals surface area contributed by atoms with Crippen molar-refractivity contribution in [3.8, 4) is 12.0 Å². The average molecular weight is 447 g/mol. The van der Waals surface area contributed by atoms with E-state index in [2.05, 4.69) is 82.7 Å². The number of likely N-dealkylation sites (tertiary alicyclic amines) is 1. The molecule has 0 bridgehead atoms. The maximum absolute atomic E-state index is 5.99. The van der Waals surface area contributed by atoms with E-state index in [1.165, 1.54) is 29.3 Å². The molecule has 1 N–H and O–H groups in total. The van der Waals surface area contributed by atoms with Gasteiger partial charge in [0.25, 0.3) is 0 Å². The number of aromatic nitrogens is 1. The number of nitrogens with one attached hydrogen (secondary N) is 1. The lowest BCUT2D eigenvalue weighted by Crippen LogP contribution is -2.41. The molecule has 4 rings (SSSR count). The first-order valence-electron chi connectivity index (χ1n) is 11.3. The molecule has 1 aliphatic heterocycles. The number of nitrogens with zero attached hydrogens (tertiary/aromatic N) is 3. The maximum atomic E-state index is 5.99. The number of allylic oxidation sites excluding steroid dienone is 4. The lowest BCUT2D eigenvalue weighted by Gasteiger charge is -2.35. The van der Waals surface area contributed by atoms with Crippen LogP contribution in [-0.2, 0) is 13.1 Å². The zero-order valence-corrected chi connectivity index (χ0v) is 19.9. The van der Waals surface area contributed by atoms with Gasteiger partial charge < -0.3 is 14.8 Å². The van der Waals surface area contributed by atoms with Gasteiger partial charge in [-0.2, -0.15) is 0 Å². The molecular formula is C27H31ClN4. The second-order valence-corrected chi connectivity index (χ2v) is 8.99. The van der Waals surface area contributed by atoms with Crippen LogP contribution in [0.1, 0.15) is 31.0 Å². The molecule has 0 atom stereocenters. The van der Waals surface area contributed by atoms with Crippen molar-refractivity contribution in [1.82, 2.24) is 19.7 Å². The number of halogens is 1. The third kappa shape index (κ3) is 5.21. The van der Waals surface area contributed by atoms with Crippen LogP contribution in [0.4, 0.5) is 0 Å². The van der Waals surface area contributed by atoms with E-state index < -0.39 is 0 Å². The first-order chi connectivity index (χ1) is 15.5. The van der Waals surface area contributed by atoms with E-state index in [0.717, 1.165) is 37.6 Å². The fourth-order valence-electron chi connectivity index (χ4n) is 4.49. The highest BCUT2D eigenvalue weighted by molar-refractivity contribution is 6.31. The molecule has 2 heterocycles. The Bertz CT molecular complexity index is 1160. The van der Waals surface area contributed by atoms with Gasteiger partial charge in [0.15, 0.2) is 0 Å². The third-order valence-corrected chi connectivity index (χ3v) is 6.56. The van der Waals surface area contributed by atoms with Crippen molar-refractivity contribution in [2.45, 2.75) is 38.9 Å². The van der Waals surface area contributed by atoms with Crippen LogP contribution in [0.25, 0.3) is 10.9 Å². The lowest BCUT2D eigenvalue weighted by molar-refractivity contribution is 0.140. The summed E-state index contributed by atoms with van der Waals surface area (Å²) in [6.07, 6.45) is 9.89. The van der Waals surface area contributed by atoms with Crippen molar-refractivity contribution in [2.75, 3.05) is 27.2 Å². The van der Waals surface area contributed by atoms with Crippen molar-refractivity contribution in [3.05, 3.63) is 76.3 Å². The van der Waals surface area contributed by atoms with Crippen LogP contribution in [-0.4, -0.2) is 47.6 Å². The van der Waals surface area contributed by atoms with Gasteiger partial charge in [-0.25, -0.2) is 0 Å². The largest absolute Gasteiger partial charge is 0.334 e. The van der Waals surface area contributed by atoms with Gasteiger partial charge in [-0.15, -0.1) is 5.73 Å². The van der Waals surface area contributed by atoms with Crippen LogP contribution < -0.4 is 5.32 Å². The Balaban J connectivity index is 1.53. The second kappa shape index (κ2) is 10.3. The SMILES string of the molecule is CCn1c(C#CNC2=CC=C=C(Cl)C=C2)cc2c(CN3CCC(N(C)C)CC3)cccc21. The minimum atomic E-state index is 0.579. The standard InChI is InChI=1S/C27H31ClN4/c1-4-32-25(13-16-29-23-9-6-8-22(28)11-12-23)19-26-21(7-5-10-27(26)32)20-31-17-14-24(15-18-31)30(2)3/h5-7,9-12,19,24,29H,4,14-15,17-18,20H2,1-3H3. The summed E-state index contributed by atoms with van der Waals surface area (Å²) in [5.41, 5.74) is 7.52. The molecule has 2 aromatic rings. The maximum Gasteiger partial charge on any atom is 0.0949 e. The molecule has 2 aliphatic rings. The fourth-order valence-corrected chi connectivity index (χ4v) is 4.62. The molecule has 0 unspecified atom stereocenters. The molecule has 1 fully saturated rings. The van der Waals surface area contributed by atoms with E-state index >= 15 is 0 Å². The van der Waals surface area contributed by atoms with Crippen LogP contribution in [0.15, 0.2) is 65.0 Å². The number of aryl methyl sites for hydroxylation is 1. The van der Waals surface area contributed by atoms with Gasteiger partial charge in [0.05, 0.1) is 10.7 Å². The van der Waals surface area contributed by atoms with Gasteiger partial charge in [0, 0.05) is 41.8 Å². The molecular weight excluding hydrogens is 416 g/mol. The predicted molar refractivity (Wildman–Crippen MR) is 134 cm³/mol. The Kier molecular flexibility index (Phi) is 7.25. The number of fused-ring (bicyclic) bond motifs is 1. The zero-order valence-electron chi connectivity index (χ0n) is 19.2. The molecule has 1 aliphatic carbocycles. The third-order valence-electron chi connectivity index (χ3n) is 6.32. The van der Waals surface area contributed by atoms with Crippen molar-refractivity contribution in [3.63, 3.8) is 0 Å². The van der Waals surface area contributed by atoms with E-state index in [1.807, 2.05) is 18.2 Å². The summed E-state index contributed by atoms with van der Waals surface area (Å²) in [6.45, 7) is 6.36. The predicted octanol–water partition coefficient (Wildman–Crippen LogP) is 4.82. The molecule has 1 aromatic carbocycles. The van der Waals surface area contributed by atoms with E-state index in [9.17, 15) is 0 Å². The van der Waals surface area contributed by atoms with Crippen molar-refractivity contribution in [2.24, 2.45) is 0 Å². The summed E-state index contributed by atoms with van der Waals surface area (Å²) in [6, 6.07) is 12.7. The summed E-state index contributed by atoms with van der Waals surface area (Å²) in [7, 11) is 4.38. The molecule has 4 nitrogen and oxygen atoms in total. The number of piperidine rings is 1. The van der Waals surface area contributed by atoms with Crippen LogP contribution in [0.2, 0.25) is 0 Å². The Morgan fingerprint density at radius 3 is 2.78 bits per heavy atom. The van der Waals surface area contributed by atoms with Crippen LogP contribution in [0.3, 0.4) is 0 Å². The van der Waals surface area contributed by atoms with E-state index in [-0.39, 0.29) is 0 Å². The van der Waals surface area contributed by atoms with E-state index in [0.29, 0.717) is 11.1 Å². The minimum absolute atomic E-state index is 0.579. The highest BCUT2D eigenvalue weighted by Gasteiger charge is 2.21. The molecule has 0 saturated carbocycles. The Hall–Kier alpha value is -2.67. The molecule has 0 spiro atoms. The highest BCUT2D eigenvalue weighted by Crippen LogP contribution is 2.26. The first kappa shape index (κ1) is 22.5. The van der Waals surface area contributed by atoms with E-state index in [1.54, 1.807) is 6.08 Å². The van der Waals surface area contributed by atoms with Crippen LogP contribution in [0.5, 0.6) is 0 Å². The first-order valence-corrected chi connectivity index (χ1v) is 11.7. The fraction of sp³-hybridized carbons (Fsp3) is 0.370. The van der Waals surface area contributed by atoms with Gasteiger partial charge >= 0.3 is 0 Å². The van der Waals surface area contributed by atoms with Gasteiger partial charge in [-0.1, -0.05) is 23.7 Å². The molecule has 5 heteroatoms. The quantitative estimate of drug-likeness (QED) is 0.404. The minimum Gasteiger partial charge on any atom is -0.334 e. The second-order valence-electron chi connectivity index (χ2n) is 8.58. The monoisotopic (exact) mass is 446 g/mol. The molecule has 0 radical (unpaired) electrons. The zero-order chi connectivity index (χ0) is 22.5. The number of hydrogen-bond acceptors (Lipinski definition) is 3. The summed E-state index contributed by atoms with van der Waals surface area (Å²) in [5, 5.41) is 5.05. The molecule has 0 amide bonds. The van der Waals surface area contributed by atoms with Gasteiger partial charge in [-0.05, 0) is 94.9 Å². The Labute approximate surface area is 196 Å². The summed E-state index contributed by atoms with van der Waals surface area (Å²) >= 11 is 5.99. The van der Waals surface area contributed by atoms with Crippen LogP contribution >= 0.6 is 11.6 Å². The summed E-state index contributed by atoms with van der Waals surface area (Å²) in [5.74, 6) is 3.32.